The molecule has 2 heterocycles. The normalized spacial score (nSPS) is 23.9. The molecule has 1 amide bonds. The molecule has 0 aromatic heterocycles. The lowest BCUT2D eigenvalue weighted by Crippen LogP contribution is -2.50. The van der Waals surface area contributed by atoms with Crippen molar-refractivity contribution >= 4 is 5.91 Å². The summed E-state index contributed by atoms with van der Waals surface area (Å²) in [6.45, 7) is 3.20. The number of nitrogens with one attached hydrogen (secondary N) is 1. The van der Waals surface area contributed by atoms with Crippen molar-refractivity contribution in [1.29, 1.82) is 5.26 Å². The third-order valence-corrected chi connectivity index (χ3v) is 4.52. The van der Waals surface area contributed by atoms with Crippen LogP contribution < -0.4 is 5.32 Å². The average molecular weight is 265 g/mol. The van der Waals surface area contributed by atoms with Gasteiger partial charge in [0.25, 0.3) is 0 Å². The number of amides is 1. The van der Waals surface area contributed by atoms with E-state index in [9.17, 15) is 10.1 Å². The Bertz CT molecular complexity index is 350. The van der Waals surface area contributed by atoms with Gasteiger partial charge in [-0.2, -0.15) is 5.26 Å². The number of piperidine rings is 2. The van der Waals surface area contributed by atoms with Gasteiger partial charge in [-0.25, -0.2) is 0 Å². The molecule has 0 atom stereocenters. The maximum atomic E-state index is 12.6. The summed E-state index contributed by atoms with van der Waals surface area (Å²) in [7, 11) is 0. The van der Waals surface area contributed by atoms with Crippen LogP contribution >= 0.6 is 0 Å². The first-order valence-corrected chi connectivity index (χ1v) is 7.24. The Labute approximate surface area is 114 Å². The summed E-state index contributed by atoms with van der Waals surface area (Å²) in [5, 5.41) is 21.6. The molecule has 0 radical (unpaired) electrons. The number of nitrogens with zero attached hydrogens (tertiary/aromatic N) is 2. The summed E-state index contributed by atoms with van der Waals surface area (Å²) in [4.78, 5) is 14.5. The van der Waals surface area contributed by atoms with Crippen LogP contribution in [0.4, 0.5) is 0 Å². The first kappa shape index (κ1) is 14.3. The first-order chi connectivity index (χ1) is 9.22. The maximum absolute atomic E-state index is 12.6. The average Bonchev–Trinajstić information content (AvgIpc) is 2.48. The van der Waals surface area contributed by atoms with Gasteiger partial charge in [-0.1, -0.05) is 0 Å². The van der Waals surface area contributed by atoms with E-state index in [1.807, 2.05) is 4.90 Å². The predicted molar refractivity (Wildman–Crippen MR) is 71.2 cm³/mol. The van der Waals surface area contributed by atoms with Crippen LogP contribution in [-0.2, 0) is 4.79 Å². The number of nitriles is 1. The zero-order chi connectivity index (χ0) is 13.7. The van der Waals surface area contributed by atoms with Crippen molar-refractivity contribution in [2.45, 2.75) is 32.1 Å². The highest BCUT2D eigenvalue weighted by atomic mass is 16.3. The van der Waals surface area contributed by atoms with Gasteiger partial charge in [-0.3, -0.25) is 4.79 Å². The number of hydrogen-bond acceptors (Lipinski definition) is 4. The molecule has 2 aliphatic rings. The van der Waals surface area contributed by atoms with Gasteiger partial charge in [0, 0.05) is 19.7 Å². The Morgan fingerprint density at radius 2 is 2.00 bits per heavy atom. The molecule has 0 aromatic rings. The van der Waals surface area contributed by atoms with Crippen molar-refractivity contribution in [1.82, 2.24) is 10.2 Å². The lowest BCUT2D eigenvalue weighted by molar-refractivity contribution is -0.141. The highest BCUT2D eigenvalue weighted by Gasteiger charge is 2.43. The summed E-state index contributed by atoms with van der Waals surface area (Å²) < 4.78 is 0. The molecule has 0 aromatic carbocycles. The molecule has 5 nitrogen and oxygen atoms in total. The van der Waals surface area contributed by atoms with Crippen molar-refractivity contribution in [3.05, 3.63) is 0 Å². The number of rotatable bonds is 3. The number of carbonyl (C=O) groups excluding carboxylic acids is 1. The highest BCUT2D eigenvalue weighted by Crippen LogP contribution is 2.32. The van der Waals surface area contributed by atoms with E-state index >= 15 is 0 Å². The molecule has 0 spiro atoms. The van der Waals surface area contributed by atoms with E-state index in [4.69, 9.17) is 5.11 Å². The smallest absolute Gasteiger partial charge is 0.243 e. The Hall–Kier alpha value is -1.12. The minimum atomic E-state index is -0.797. The molecule has 0 unspecified atom stereocenters. The van der Waals surface area contributed by atoms with E-state index in [2.05, 4.69) is 11.4 Å². The third kappa shape index (κ3) is 3.07. The van der Waals surface area contributed by atoms with Gasteiger partial charge in [-0.05, 0) is 51.1 Å². The van der Waals surface area contributed by atoms with Crippen molar-refractivity contribution in [2.24, 2.45) is 11.3 Å². The van der Waals surface area contributed by atoms with E-state index in [0.717, 1.165) is 45.4 Å². The quantitative estimate of drug-likeness (QED) is 0.779. The number of aliphatic hydroxyl groups is 1. The molecule has 2 aliphatic heterocycles. The second kappa shape index (κ2) is 6.36. The van der Waals surface area contributed by atoms with Gasteiger partial charge in [0.1, 0.15) is 5.41 Å². The lowest BCUT2D eigenvalue weighted by Gasteiger charge is -2.38. The van der Waals surface area contributed by atoms with Crippen molar-refractivity contribution < 1.29 is 9.90 Å². The third-order valence-electron chi connectivity index (χ3n) is 4.52. The molecule has 0 saturated carbocycles. The molecule has 2 N–H and O–H groups in total. The molecule has 2 saturated heterocycles. The maximum Gasteiger partial charge on any atom is 0.243 e. The SMILES string of the molecule is N#CC1(C(=O)N2CCC(CCO)CC2)CCNCC1. The molecule has 5 heteroatoms. The van der Waals surface area contributed by atoms with Crippen LogP contribution in [0.1, 0.15) is 32.1 Å². The van der Waals surface area contributed by atoms with Crippen LogP contribution in [0.2, 0.25) is 0 Å². The standard InChI is InChI=1S/C14H23N3O2/c15-11-14(4-6-16-7-5-14)13(19)17-8-1-12(2-9-17)3-10-18/h12,16,18H,1-10H2. The fourth-order valence-electron chi connectivity index (χ4n) is 3.14. The van der Waals surface area contributed by atoms with Gasteiger partial charge < -0.3 is 15.3 Å². The minimum Gasteiger partial charge on any atom is -0.396 e. The van der Waals surface area contributed by atoms with Gasteiger partial charge in [0.2, 0.25) is 5.91 Å². The number of aliphatic hydroxyl groups excluding tert-OH is 1. The fraction of sp³-hybridized carbons (Fsp3) is 0.857. The summed E-state index contributed by atoms with van der Waals surface area (Å²) in [5.74, 6) is 0.555. The Kier molecular flexibility index (Phi) is 4.78. The lowest BCUT2D eigenvalue weighted by atomic mass is 9.78. The predicted octanol–water partition coefficient (Wildman–Crippen LogP) is 0.501. The molecule has 2 rings (SSSR count). The van der Waals surface area contributed by atoms with E-state index in [1.165, 1.54) is 0 Å². The van der Waals surface area contributed by atoms with Gasteiger partial charge in [-0.15, -0.1) is 0 Å². The van der Waals surface area contributed by atoms with Crippen LogP contribution in [0.25, 0.3) is 0 Å². The second-order valence-electron chi connectivity index (χ2n) is 5.69. The van der Waals surface area contributed by atoms with Crippen molar-refractivity contribution in [3.63, 3.8) is 0 Å². The van der Waals surface area contributed by atoms with Gasteiger partial charge in [0.15, 0.2) is 0 Å². The Balaban J connectivity index is 1.95. The number of hydrogen-bond donors (Lipinski definition) is 2. The van der Waals surface area contributed by atoms with Crippen LogP contribution in [0.3, 0.4) is 0 Å². The highest BCUT2D eigenvalue weighted by molar-refractivity contribution is 5.85. The topological polar surface area (TPSA) is 76.4 Å². The second-order valence-corrected chi connectivity index (χ2v) is 5.69. The molecule has 19 heavy (non-hydrogen) atoms. The van der Waals surface area contributed by atoms with E-state index in [-0.39, 0.29) is 12.5 Å². The fourth-order valence-corrected chi connectivity index (χ4v) is 3.14. The van der Waals surface area contributed by atoms with Crippen LogP contribution in [0.5, 0.6) is 0 Å². The molecule has 106 valence electrons. The summed E-state index contributed by atoms with van der Waals surface area (Å²) in [6.07, 6.45) is 3.98. The van der Waals surface area contributed by atoms with Crippen LogP contribution in [-0.4, -0.2) is 48.7 Å². The van der Waals surface area contributed by atoms with Gasteiger partial charge in [0.05, 0.1) is 6.07 Å². The van der Waals surface area contributed by atoms with Crippen molar-refractivity contribution in [3.8, 4) is 6.07 Å². The first-order valence-electron chi connectivity index (χ1n) is 7.24. The summed E-state index contributed by atoms with van der Waals surface area (Å²) in [6, 6.07) is 2.28. The number of likely N-dealkylation sites (tertiary alicyclic amines) is 1. The summed E-state index contributed by atoms with van der Waals surface area (Å²) >= 11 is 0. The van der Waals surface area contributed by atoms with Crippen molar-refractivity contribution in [2.75, 3.05) is 32.8 Å². The molecule has 0 aliphatic carbocycles. The Morgan fingerprint density at radius 1 is 1.37 bits per heavy atom. The monoisotopic (exact) mass is 265 g/mol. The molecular weight excluding hydrogens is 242 g/mol. The molecule has 2 fully saturated rings. The molecule has 0 bridgehead atoms. The zero-order valence-corrected chi connectivity index (χ0v) is 11.4. The Morgan fingerprint density at radius 3 is 2.53 bits per heavy atom. The van der Waals surface area contributed by atoms with E-state index < -0.39 is 5.41 Å². The van der Waals surface area contributed by atoms with Crippen LogP contribution in [0, 0.1) is 22.7 Å². The summed E-state index contributed by atoms with van der Waals surface area (Å²) in [5.41, 5.74) is -0.797. The van der Waals surface area contributed by atoms with Crippen LogP contribution in [0.15, 0.2) is 0 Å². The largest absolute Gasteiger partial charge is 0.396 e. The van der Waals surface area contributed by atoms with E-state index in [0.29, 0.717) is 18.8 Å². The number of carbonyl (C=O) groups is 1. The van der Waals surface area contributed by atoms with Gasteiger partial charge >= 0.3 is 0 Å². The minimum absolute atomic E-state index is 0.0268. The zero-order valence-electron chi connectivity index (χ0n) is 11.4. The van der Waals surface area contributed by atoms with E-state index in [1.54, 1.807) is 0 Å². The molecular formula is C14H23N3O2.